The molecule has 0 bridgehead atoms. The Hall–Kier alpha value is -4.36. The van der Waals surface area contributed by atoms with Gasteiger partial charge in [0.1, 0.15) is 18.2 Å². The maximum atomic E-state index is 13.7. The maximum absolute atomic E-state index is 13.7. The van der Waals surface area contributed by atoms with Crippen LogP contribution in [0.1, 0.15) is 11.3 Å². The van der Waals surface area contributed by atoms with E-state index in [2.05, 4.69) is 26.5 Å². The van der Waals surface area contributed by atoms with Crippen molar-refractivity contribution in [2.45, 2.75) is 30.6 Å². The average Bonchev–Trinajstić information content (AvgIpc) is 3.47. The molecule has 4 N–H and O–H groups in total. The summed E-state index contributed by atoms with van der Waals surface area (Å²) in [6, 6.07) is 10.5. The lowest BCUT2D eigenvalue weighted by molar-refractivity contribution is -0.193. The molecule has 2 aromatic carbocycles. The lowest BCUT2D eigenvalue weighted by atomic mass is 9.95. The van der Waals surface area contributed by atoms with Crippen LogP contribution < -0.4 is 10.1 Å². The van der Waals surface area contributed by atoms with Gasteiger partial charge in [-0.1, -0.05) is 6.07 Å². The Bertz CT molecular complexity index is 1570. The molecule has 1 aromatic heterocycles. The number of H-pyrrole nitrogens is 1. The van der Waals surface area contributed by atoms with Crippen LogP contribution in [-0.2, 0) is 25.5 Å². The van der Waals surface area contributed by atoms with Crippen LogP contribution in [0.15, 0.2) is 47.5 Å². The smallest absolute Gasteiger partial charge is 0.490 e. The molecule has 11 nitrogen and oxygen atoms in total. The minimum Gasteiger partial charge on any atom is -0.492 e. The summed E-state index contributed by atoms with van der Waals surface area (Å²) in [5.74, 6) is -4.80. The number of halogens is 7. The number of rotatable bonds is 7. The Kier molecular flexibility index (Phi) is 13.8. The average molecular weight is 725 g/mol. The minimum atomic E-state index is -5.08. The number of carbonyl (C=O) groups excluding carboxylic acids is 1. The molecule has 5 rings (SSSR count). The third-order valence-electron chi connectivity index (χ3n) is 6.93. The lowest BCUT2D eigenvalue weighted by Gasteiger charge is -2.26. The molecule has 3 aromatic rings. The molecule has 3 heterocycles. The topological polar surface area (TPSA) is 154 Å². The van der Waals surface area contributed by atoms with Gasteiger partial charge in [0.25, 0.3) is 0 Å². The normalized spacial score (nSPS) is 16.1. The van der Waals surface area contributed by atoms with Crippen LogP contribution in [0.2, 0.25) is 0 Å². The molecule has 1 saturated heterocycles. The molecule has 268 valence electrons. The van der Waals surface area contributed by atoms with Crippen molar-refractivity contribution in [3.05, 3.63) is 59.7 Å². The molecular weight excluding hydrogens is 693 g/mol. The van der Waals surface area contributed by atoms with Gasteiger partial charge in [-0.05, 0) is 54.8 Å². The second kappa shape index (κ2) is 17.3. The molecule has 0 radical (unpaired) electrons. The van der Waals surface area contributed by atoms with Crippen LogP contribution in [0.3, 0.4) is 0 Å². The van der Waals surface area contributed by atoms with Gasteiger partial charge in [-0.3, -0.25) is 14.8 Å². The van der Waals surface area contributed by atoms with Crippen molar-refractivity contribution in [3.63, 3.8) is 0 Å². The third kappa shape index (κ3) is 12.2. The Labute approximate surface area is 278 Å². The number of carboxylic acids is 2. The first-order valence-corrected chi connectivity index (χ1v) is 15.3. The summed E-state index contributed by atoms with van der Waals surface area (Å²) in [5.41, 5.74) is 4.58. The van der Waals surface area contributed by atoms with Gasteiger partial charge in [-0.15, -0.1) is 11.8 Å². The van der Waals surface area contributed by atoms with Crippen LogP contribution in [-0.4, -0.2) is 101 Å². The Morgan fingerprint density at radius 2 is 1.65 bits per heavy atom. The van der Waals surface area contributed by atoms with E-state index in [0.29, 0.717) is 12.2 Å². The van der Waals surface area contributed by atoms with E-state index >= 15 is 0 Å². The molecule has 0 spiro atoms. The fourth-order valence-electron chi connectivity index (χ4n) is 4.43. The van der Waals surface area contributed by atoms with Gasteiger partial charge in [-0.25, -0.2) is 14.0 Å². The highest BCUT2D eigenvalue weighted by molar-refractivity contribution is 7.99. The monoisotopic (exact) mass is 724 g/mol. The van der Waals surface area contributed by atoms with E-state index in [9.17, 15) is 35.5 Å². The number of hydrogen-bond donors (Lipinski definition) is 4. The molecule has 0 aliphatic carbocycles. The molecule has 2 aliphatic heterocycles. The standard InChI is InChI=1S/C26H29FN4O3S.2C2HF3O2/c1-17-22(15-28-30-17)18-2-4-23(25(14-18)35-11-8-31-6-9-33-10-7-31)29-26(32)20-12-19-13-21(27)3-5-24(19)34-16-20;2*3-2(4,5)1(6)7/h2-5,13-15,20H,6-12,16H2,1H3,(H,28,30)(H,29,32);2*(H,6,7). The number of aliphatic carboxylic acids is 2. The van der Waals surface area contributed by atoms with Crippen molar-refractivity contribution in [2.75, 3.05) is 50.5 Å². The number of aromatic nitrogens is 2. The van der Waals surface area contributed by atoms with Gasteiger partial charge in [-0.2, -0.15) is 31.4 Å². The quantitative estimate of drug-likeness (QED) is 0.184. The number of nitrogens with zero attached hydrogens (tertiary/aromatic N) is 2. The Morgan fingerprint density at radius 1 is 1.02 bits per heavy atom. The molecule has 1 atom stereocenters. The van der Waals surface area contributed by atoms with Crippen molar-refractivity contribution < 1.29 is 64.8 Å². The number of benzene rings is 2. The van der Waals surface area contributed by atoms with Crippen molar-refractivity contribution >= 4 is 35.3 Å². The van der Waals surface area contributed by atoms with Gasteiger partial charge in [0, 0.05) is 41.5 Å². The number of morpholine rings is 1. The molecule has 1 amide bonds. The number of hydrogen-bond acceptors (Lipinski definition) is 8. The van der Waals surface area contributed by atoms with Crippen LogP contribution in [0.4, 0.5) is 36.4 Å². The van der Waals surface area contributed by atoms with Crippen LogP contribution in [0.5, 0.6) is 5.75 Å². The highest BCUT2D eigenvalue weighted by Gasteiger charge is 2.39. The summed E-state index contributed by atoms with van der Waals surface area (Å²) in [6.45, 7) is 6.66. The van der Waals surface area contributed by atoms with Crippen molar-refractivity contribution in [1.29, 1.82) is 0 Å². The van der Waals surface area contributed by atoms with Crippen molar-refractivity contribution in [2.24, 2.45) is 5.92 Å². The van der Waals surface area contributed by atoms with E-state index in [1.807, 2.05) is 25.3 Å². The number of nitrogens with one attached hydrogen (secondary N) is 2. The van der Waals surface area contributed by atoms with Gasteiger partial charge in [0.15, 0.2) is 0 Å². The zero-order valence-corrected chi connectivity index (χ0v) is 26.5. The maximum Gasteiger partial charge on any atom is 0.490 e. The van der Waals surface area contributed by atoms with Gasteiger partial charge in [0.05, 0.1) is 31.0 Å². The van der Waals surface area contributed by atoms with Crippen LogP contribution in [0, 0.1) is 18.7 Å². The van der Waals surface area contributed by atoms with E-state index in [-0.39, 0.29) is 24.2 Å². The number of aromatic amines is 1. The summed E-state index contributed by atoms with van der Waals surface area (Å²) in [4.78, 5) is 34.4. The molecule has 1 unspecified atom stereocenters. The van der Waals surface area contributed by atoms with E-state index in [1.54, 1.807) is 17.8 Å². The highest BCUT2D eigenvalue weighted by atomic mass is 32.2. The highest BCUT2D eigenvalue weighted by Crippen LogP contribution is 2.34. The molecule has 19 heteroatoms. The predicted molar refractivity (Wildman–Crippen MR) is 162 cm³/mol. The number of thioether (sulfide) groups is 1. The van der Waals surface area contributed by atoms with Crippen LogP contribution in [0.25, 0.3) is 11.1 Å². The zero-order chi connectivity index (χ0) is 36.4. The van der Waals surface area contributed by atoms with E-state index < -0.39 is 24.3 Å². The largest absolute Gasteiger partial charge is 0.492 e. The van der Waals surface area contributed by atoms with Crippen molar-refractivity contribution in [3.8, 4) is 16.9 Å². The van der Waals surface area contributed by atoms with Gasteiger partial charge < -0.3 is 25.0 Å². The second-order valence-corrected chi connectivity index (χ2v) is 11.6. The van der Waals surface area contributed by atoms with Gasteiger partial charge in [0.2, 0.25) is 5.91 Å². The summed E-state index contributed by atoms with van der Waals surface area (Å²) >= 11 is 1.73. The molecule has 0 saturated carbocycles. The second-order valence-electron chi connectivity index (χ2n) is 10.5. The lowest BCUT2D eigenvalue weighted by Crippen LogP contribution is -2.37. The Morgan fingerprint density at radius 3 is 2.22 bits per heavy atom. The van der Waals surface area contributed by atoms with E-state index in [1.165, 1.54) is 12.1 Å². The summed E-state index contributed by atoms with van der Waals surface area (Å²) in [6.07, 6.45) is -7.90. The molecule has 49 heavy (non-hydrogen) atoms. The summed E-state index contributed by atoms with van der Waals surface area (Å²) in [7, 11) is 0. The number of amides is 1. The van der Waals surface area contributed by atoms with Crippen molar-refractivity contribution in [1.82, 2.24) is 15.1 Å². The number of aryl methyl sites for hydroxylation is 1. The number of anilines is 1. The first-order valence-electron chi connectivity index (χ1n) is 14.3. The number of carbonyl (C=O) groups is 3. The van der Waals surface area contributed by atoms with E-state index in [0.717, 1.165) is 71.6 Å². The fraction of sp³-hybridized carbons (Fsp3) is 0.400. The number of ether oxygens (including phenoxy) is 2. The summed E-state index contributed by atoms with van der Waals surface area (Å²) in [5, 5.41) is 24.5. The first kappa shape index (κ1) is 39.1. The van der Waals surface area contributed by atoms with Crippen LogP contribution >= 0.6 is 11.8 Å². The predicted octanol–water partition coefficient (Wildman–Crippen LogP) is 5.40. The summed E-state index contributed by atoms with van der Waals surface area (Å²) < 4.78 is 88.3. The Balaban J connectivity index is 0.000000392. The molecule has 1 fully saturated rings. The van der Waals surface area contributed by atoms with E-state index in [4.69, 9.17) is 29.3 Å². The third-order valence-corrected chi connectivity index (χ3v) is 7.97. The first-order chi connectivity index (χ1) is 23.0. The zero-order valence-electron chi connectivity index (χ0n) is 25.7. The number of fused-ring (bicyclic) bond motifs is 1. The van der Waals surface area contributed by atoms with Gasteiger partial charge >= 0.3 is 24.3 Å². The number of carboxylic acid groups (broad SMARTS) is 2. The molecular formula is C30H31F7N4O7S. The SMILES string of the molecule is Cc1[nH]ncc1-c1ccc(NC(=O)C2COc3ccc(F)cc3C2)c(SCCN2CCOCC2)c1.O=C(O)C(F)(F)F.O=C(O)C(F)(F)F. The number of alkyl halides is 6. The fourth-order valence-corrected chi connectivity index (χ4v) is 5.48. The molecule has 2 aliphatic rings. The minimum absolute atomic E-state index is 0.123.